The maximum absolute atomic E-state index is 5.99. The third kappa shape index (κ3) is 2.28. The molecule has 2 nitrogen and oxygen atoms in total. The van der Waals surface area contributed by atoms with E-state index >= 15 is 0 Å². The molecule has 0 aliphatic rings. The maximum atomic E-state index is 5.99. The Morgan fingerprint density at radius 3 is 2.50 bits per heavy atom. The Bertz CT molecular complexity index is 374. The summed E-state index contributed by atoms with van der Waals surface area (Å²) in [4.78, 5) is 0. The van der Waals surface area contributed by atoms with Crippen LogP contribution in [0.4, 0.5) is 5.69 Å². The van der Waals surface area contributed by atoms with E-state index in [-0.39, 0.29) is 0 Å². The van der Waals surface area contributed by atoms with Crippen LogP contribution in [0.3, 0.4) is 0 Å². The molecule has 4 heteroatoms. The van der Waals surface area contributed by atoms with Gasteiger partial charge in [-0.05, 0) is 25.1 Å². The second-order valence-corrected chi connectivity index (χ2v) is 3.63. The smallest absolute Gasteiger partial charge is 0.0835 e. The van der Waals surface area contributed by atoms with E-state index in [2.05, 4.69) is 18.4 Å². The Kier molecular flexibility index (Phi) is 3.55. The van der Waals surface area contributed by atoms with Gasteiger partial charge in [-0.3, -0.25) is 0 Å². The van der Waals surface area contributed by atoms with Crippen molar-refractivity contribution < 1.29 is 0 Å². The van der Waals surface area contributed by atoms with Crippen LogP contribution in [0.5, 0.6) is 0 Å². The van der Waals surface area contributed by atoms with Gasteiger partial charge in [0.05, 0.1) is 10.7 Å². The first-order valence-corrected chi connectivity index (χ1v) is 4.69. The van der Waals surface area contributed by atoms with Crippen molar-refractivity contribution in [3.05, 3.63) is 40.5 Å². The Labute approximate surface area is 93.4 Å². The van der Waals surface area contributed by atoms with Gasteiger partial charge < -0.3 is 0 Å². The molecule has 0 amide bonds. The van der Waals surface area contributed by atoms with E-state index in [0.29, 0.717) is 10.0 Å². The summed E-state index contributed by atoms with van der Waals surface area (Å²) < 4.78 is 0. The predicted molar refractivity (Wildman–Crippen MR) is 63.3 cm³/mol. The van der Waals surface area contributed by atoms with Gasteiger partial charge in [-0.1, -0.05) is 29.8 Å². The van der Waals surface area contributed by atoms with Gasteiger partial charge in [0.15, 0.2) is 0 Å². The molecular formula is C10H10Cl2N2. The number of rotatable bonds is 3. The van der Waals surface area contributed by atoms with Gasteiger partial charge >= 0.3 is 0 Å². The third-order valence-corrected chi connectivity index (χ3v) is 2.18. The van der Waals surface area contributed by atoms with Crippen molar-refractivity contribution in [2.24, 2.45) is 5.10 Å². The first-order chi connectivity index (χ1) is 6.56. The summed E-state index contributed by atoms with van der Waals surface area (Å²) in [5.74, 6) is 0. The number of hydrogen-bond donors (Lipinski definition) is 0. The van der Waals surface area contributed by atoms with Gasteiger partial charge in [0, 0.05) is 17.4 Å². The highest BCUT2D eigenvalue weighted by Crippen LogP contribution is 2.30. The van der Waals surface area contributed by atoms with Gasteiger partial charge in [0.1, 0.15) is 0 Å². The molecule has 0 saturated heterocycles. The fraction of sp³-hybridized carbons (Fsp3) is 0.100. The molecule has 0 radical (unpaired) electrons. The van der Waals surface area contributed by atoms with Crippen molar-refractivity contribution in [3.63, 3.8) is 0 Å². The minimum Gasteiger partial charge on any atom is -0.238 e. The number of hydrogen-bond acceptors (Lipinski definition) is 2. The van der Waals surface area contributed by atoms with Gasteiger partial charge in [-0.2, -0.15) is 5.10 Å². The number of hydrazone groups is 1. The predicted octanol–water partition coefficient (Wildman–Crippen LogP) is 3.95. The van der Waals surface area contributed by atoms with Crippen LogP contribution in [0.15, 0.2) is 35.6 Å². The van der Waals surface area contributed by atoms with Crippen molar-refractivity contribution in [3.8, 4) is 0 Å². The molecule has 0 saturated carbocycles. The van der Waals surface area contributed by atoms with Crippen molar-refractivity contribution >= 4 is 35.6 Å². The highest BCUT2D eigenvalue weighted by atomic mass is 35.5. The van der Waals surface area contributed by atoms with Gasteiger partial charge in [0.25, 0.3) is 0 Å². The van der Waals surface area contributed by atoms with Crippen molar-refractivity contribution in [2.45, 2.75) is 6.92 Å². The molecule has 1 rings (SSSR count). The van der Waals surface area contributed by atoms with Crippen molar-refractivity contribution in [1.29, 1.82) is 0 Å². The van der Waals surface area contributed by atoms with E-state index in [1.807, 2.05) is 6.92 Å². The van der Waals surface area contributed by atoms with Crippen molar-refractivity contribution in [1.82, 2.24) is 0 Å². The molecule has 0 N–H and O–H groups in total. The molecule has 0 aliphatic carbocycles. The topological polar surface area (TPSA) is 15.6 Å². The number of allylic oxidation sites excluding steroid dienone is 1. The van der Waals surface area contributed by atoms with Crippen LogP contribution in [-0.2, 0) is 0 Å². The van der Waals surface area contributed by atoms with Crippen LogP contribution in [0.25, 0.3) is 0 Å². The SMILES string of the molecule is C=NN(C(=C)C)c1ccc(Cl)cc1Cl. The van der Waals surface area contributed by atoms with Crippen LogP contribution in [0.1, 0.15) is 6.92 Å². The zero-order valence-electron chi connectivity index (χ0n) is 7.80. The van der Waals surface area contributed by atoms with Gasteiger partial charge in [0.2, 0.25) is 0 Å². The number of halogens is 2. The van der Waals surface area contributed by atoms with E-state index in [9.17, 15) is 0 Å². The first kappa shape index (κ1) is 11.1. The molecule has 0 atom stereocenters. The summed E-state index contributed by atoms with van der Waals surface area (Å²) in [6.07, 6.45) is 0. The van der Waals surface area contributed by atoms with E-state index in [1.165, 1.54) is 0 Å². The molecule has 1 aromatic carbocycles. The molecule has 0 heterocycles. The first-order valence-electron chi connectivity index (χ1n) is 3.93. The minimum atomic E-state index is 0.521. The fourth-order valence-corrected chi connectivity index (χ4v) is 1.54. The molecule has 0 fully saturated rings. The van der Waals surface area contributed by atoms with Gasteiger partial charge in [-0.15, -0.1) is 0 Å². The summed E-state index contributed by atoms with van der Waals surface area (Å²) in [7, 11) is 0. The lowest BCUT2D eigenvalue weighted by atomic mass is 10.3. The van der Waals surface area contributed by atoms with Crippen LogP contribution < -0.4 is 5.01 Å². The fourth-order valence-electron chi connectivity index (χ4n) is 1.06. The Hall–Kier alpha value is -0.990. The highest BCUT2D eigenvalue weighted by Gasteiger charge is 2.09. The van der Waals surface area contributed by atoms with E-state index in [4.69, 9.17) is 23.2 Å². The van der Waals surface area contributed by atoms with E-state index in [0.717, 1.165) is 11.4 Å². The monoisotopic (exact) mass is 228 g/mol. The zero-order valence-corrected chi connectivity index (χ0v) is 9.31. The van der Waals surface area contributed by atoms with E-state index < -0.39 is 0 Å². The molecule has 0 unspecified atom stereocenters. The standard InChI is InChI=1S/C10H10Cl2N2/c1-7(2)14(13-3)10-5-4-8(11)6-9(10)12/h4-6H,1,3H2,2H3. The Balaban J connectivity index is 3.17. The van der Waals surface area contributed by atoms with Crippen molar-refractivity contribution in [2.75, 3.05) is 5.01 Å². The molecule has 14 heavy (non-hydrogen) atoms. The second kappa shape index (κ2) is 4.49. The Morgan fingerprint density at radius 2 is 2.07 bits per heavy atom. The third-order valence-electron chi connectivity index (χ3n) is 1.64. The lowest BCUT2D eigenvalue weighted by molar-refractivity contribution is 1.01. The molecule has 0 spiro atoms. The molecule has 0 aliphatic heterocycles. The van der Waals surface area contributed by atoms with Crippen LogP contribution >= 0.6 is 23.2 Å². The normalized spacial score (nSPS) is 9.64. The molecule has 1 aromatic rings. The molecule has 0 bridgehead atoms. The average Bonchev–Trinajstić information content (AvgIpc) is 2.09. The summed E-state index contributed by atoms with van der Waals surface area (Å²) in [5, 5.41) is 6.47. The second-order valence-electron chi connectivity index (χ2n) is 2.78. The molecule has 0 aromatic heterocycles. The lowest BCUT2D eigenvalue weighted by Crippen LogP contribution is -2.11. The van der Waals surface area contributed by atoms with Crippen LogP contribution in [0.2, 0.25) is 10.0 Å². The lowest BCUT2D eigenvalue weighted by Gasteiger charge is -2.19. The average molecular weight is 229 g/mol. The van der Waals surface area contributed by atoms with E-state index in [1.54, 1.807) is 23.2 Å². The van der Waals surface area contributed by atoms with Gasteiger partial charge in [-0.25, -0.2) is 5.01 Å². The zero-order chi connectivity index (χ0) is 10.7. The maximum Gasteiger partial charge on any atom is 0.0835 e. The summed E-state index contributed by atoms with van der Waals surface area (Å²) in [6, 6.07) is 5.16. The number of anilines is 1. The molecule has 74 valence electrons. The molecular weight excluding hydrogens is 219 g/mol. The summed E-state index contributed by atoms with van der Waals surface area (Å²) in [6.45, 7) is 9.03. The van der Waals surface area contributed by atoms with Crippen LogP contribution in [0, 0.1) is 0 Å². The summed E-state index contributed by atoms with van der Waals surface area (Å²) in [5.41, 5.74) is 1.46. The number of nitrogens with zero attached hydrogens (tertiary/aromatic N) is 2. The summed E-state index contributed by atoms with van der Waals surface area (Å²) >= 11 is 11.8. The highest BCUT2D eigenvalue weighted by molar-refractivity contribution is 6.36. The largest absolute Gasteiger partial charge is 0.238 e. The quantitative estimate of drug-likeness (QED) is 0.566. The minimum absolute atomic E-state index is 0.521. The van der Waals surface area contributed by atoms with Crippen LogP contribution in [-0.4, -0.2) is 6.72 Å². The Morgan fingerprint density at radius 1 is 1.43 bits per heavy atom. The number of benzene rings is 1.